The van der Waals surface area contributed by atoms with E-state index in [0.29, 0.717) is 18.7 Å². The van der Waals surface area contributed by atoms with Gasteiger partial charge in [-0.25, -0.2) is 0 Å². The van der Waals surface area contributed by atoms with Crippen LogP contribution in [-0.2, 0) is 6.54 Å². The lowest BCUT2D eigenvalue weighted by atomic mass is 10.0. The number of pyridine rings is 1. The van der Waals surface area contributed by atoms with Crippen molar-refractivity contribution in [3.05, 3.63) is 53.9 Å². The summed E-state index contributed by atoms with van der Waals surface area (Å²) in [5.41, 5.74) is 2.63. The monoisotopic (exact) mass is 297 g/mol. The van der Waals surface area contributed by atoms with Gasteiger partial charge in [-0.3, -0.25) is 9.78 Å². The van der Waals surface area contributed by atoms with E-state index in [0.717, 1.165) is 23.5 Å². The van der Waals surface area contributed by atoms with Crippen molar-refractivity contribution in [3.63, 3.8) is 0 Å². The minimum Gasteiger partial charge on any atom is -0.490 e. The van der Waals surface area contributed by atoms with E-state index in [9.17, 15) is 4.79 Å². The molecule has 0 bridgehead atoms. The molecule has 2 heterocycles. The van der Waals surface area contributed by atoms with Gasteiger partial charge in [0.05, 0.1) is 11.7 Å². The molecule has 3 rings (SSSR count). The fourth-order valence-electron chi connectivity index (χ4n) is 2.41. The molecule has 1 aromatic carbocycles. The quantitative estimate of drug-likeness (QED) is 0.829. The second-order valence-corrected chi connectivity index (χ2v) is 5.31. The van der Waals surface area contributed by atoms with Crippen LogP contribution in [0.15, 0.2) is 42.7 Å². The number of carbonyl (C=O) groups is 1. The number of ether oxygens (including phenoxy) is 1. The molecule has 0 fully saturated rings. The van der Waals surface area contributed by atoms with Crippen LogP contribution in [-0.4, -0.2) is 30.0 Å². The van der Waals surface area contributed by atoms with Gasteiger partial charge < -0.3 is 15.4 Å². The van der Waals surface area contributed by atoms with E-state index in [1.807, 2.05) is 37.3 Å². The highest BCUT2D eigenvalue weighted by molar-refractivity contribution is 6.01. The van der Waals surface area contributed by atoms with Gasteiger partial charge in [-0.15, -0.1) is 0 Å². The molecular weight excluding hydrogens is 278 g/mol. The summed E-state index contributed by atoms with van der Waals surface area (Å²) in [6.45, 7) is 3.91. The third-order valence-corrected chi connectivity index (χ3v) is 3.67. The zero-order valence-corrected chi connectivity index (χ0v) is 12.5. The van der Waals surface area contributed by atoms with Crippen molar-refractivity contribution in [2.45, 2.75) is 19.5 Å². The van der Waals surface area contributed by atoms with Crippen molar-refractivity contribution in [1.82, 2.24) is 10.3 Å². The number of Topliss-reactive ketones (excluding diaryl/α,β-unsaturated/α-hetero) is 1. The molecular formula is C17H19N3O2. The smallest absolute Gasteiger partial charge is 0.179 e. The van der Waals surface area contributed by atoms with E-state index in [4.69, 9.17) is 4.74 Å². The lowest BCUT2D eigenvalue weighted by Crippen LogP contribution is -2.33. The number of fused-ring (bicyclic) bond motifs is 1. The topological polar surface area (TPSA) is 63.2 Å². The molecule has 0 amide bonds. The van der Waals surface area contributed by atoms with Gasteiger partial charge in [-0.05, 0) is 36.8 Å². The first-order chi connectivity index (χ1) is 10.7. The first kappa shape index (κ1) is 14.5. The molecule has 5 heteroatoms. The Kier molecular flexibility index (Phi) is 4.34. The van der Waals surface area contributed by atoms with Crippen LogP contribution in [0.3, 0.4) is 0 Å². The molecule has 1 unspecified atom stereocenters. The number of carbonyl (C=O) groups excluding carboxylic acids is 1. The number of ketones is 1. The molecule has 0 saturated heterocycles. The second-order valence-electron chi connectivity index (χ2n) is 5.31. The molecule has 22 heavy (non-hydrogen) atoms. The molecule has 1 aromatic heterocycles. The number of anilines is 1. The predicted octanol–water partition coefficient (Wildman–Crippen LogP) is 2.25. The SMILES string of the molecule is CC(NCc1cccnc1)C(=O)c1ccc2c(c1)NCCO2. The average Bonchev–Trinajstić information content (AvgIpc) is 2.59. The van der Waals surface area contributed by atoms with E-state index >= 15 is 0 Å². The van der Waals surface area contributed by atoms with Gasteiger partial charge in [0.15, 0.2) is 5.78 Å². The van der Waals surface area contributed by atoms with Crippen LogP contribution in [0, 0.1) is 0 Å². The highest BCUT2D eigenvalue weighted by Gasteiger charge is 2.17. The summed E-state index contributed by atoms with van der Waals surface area (Å²) < 4.78 is 5.53. The van der Waals surface area contributed by atoms with Crippen LogP contribution in [0.2, 0.25) is 0 Å². The molecule has 1 atom stereocenters. The Balaban J connectivity index is 1.65. The lowest BCUT2D eigenvalue weighted by Gasteiger charge is -2.20. The van der Waals surface area contributed by atoms with Crippen molar-refractivity contribution in [3.8, 4) is 5.75 Å². The van der Waals surface area contributed by atoms with Crippen molar-refractivity contribution in [2.75, 3.05) is 18.5 Å². The average molecular weight is 297 g/mol. The van der Waals surface area contributed by atoms with Gasteiger partial charge in [0, 0.05) is 31.0 Å². The fraction of sp³-hybridized carbons (Fsp3) is 0.294. The Morgan fingerprint density at radius 2 is 2.36 bits per heavy atom. The first-order valence-electron chi connectivity index (χ1n) is 7.41. The minimum absolute atomic E-state index is 0.0686. The Labute approximate surface area is 129 Å². The molecule has 2 aromatic rings. The van der Waals surface area contributed by atoms with Crippen LogP contribution in [0.4, 0.5) is 5.69 Å². The Bertz CT molecular complexity index is 658. The third kappa shape index (κ3) is 3.26. The lowest BCUT2D eigenvalue weighted by molar-refractivity contribution is 0.0950. The summed E-state index contributed by atoms with van der Waals surface area (Å²) in [4.78, 5) is 16.6. The van der Waals surface area contributed by atoms with Crippen LogP contribution in [0.25, 0.3) is 0 Å². The maximum absolute atomic E-state index is 12.5. The Hall–Kier alpha value is -2.40. The van der Waals surface area contributed by atoms with Crippen molar-refractivity contribution in [1.29, 1.82) is 0 Å². The van der Waals surface area contributed by atoms with E-state index in [1.165, 1.54) is 0 Å². The van der Waals surface area contributed by atoms with Crippen LogP contribution in [0.1, 0.15) is 22.8 Å². The highest BCUT2D eigenvalue weighted by Crippen LogP contribution is 2.28. The predicted molar refractivity (Wildman–Crippen MR) is 85.3 cm³/mol. The number of aromatic nitrogens is 1. The molecule has 1 aliphatic heterocycles. The van der Waals surface area contributed by atoms with E-state index in [1.54, 1.807) is 12.4 Å². The van der Waals surface area contributed by atoms with Gasteiger partial charge in [0.25, 0.3) is 0 Å². The van der Waals surface area contributed by atoms with Crippen LogP contribution >= 0.6 is 0 Å². The normalized spacial score (nSPS) is 14.4. The van der Waals surface area contributed by atoms with Crippen LogP contribution in [0.5, 0.6) is 5.75 Å². The summed E-state index contributed by atoms with van der Waals surface area (Å²) in [5.74, 6) is 0.873. The Morgan fingerprint density at radius 3 is 3.18 bits per heavy atom. The standard InChI is InChI=1S/C17H19N3O2/c1-12(20-11-13-3-2-6-18-10-13)17(21)14-4-5-16-15(9-14)19-7-8-22-16/h2-6,9-10,12,19-20H,7-8,11H2,1H3. The van der Waals surface area contributed by atoms with Crippen LogP contribution < -0.4 is 15.4 Å². The number of hydrogen-bond donors (Lipinski definition) is 2. The van der Waals surface area contributed by atoms with Gasteiger partial charge in [0.2, 0.25) is 0 Å². The van der Waals surface area contributed by atoms with Crippen molar-refractivity contribution < 1.29 is 9.53 Å². The molecule has 1 aliphatic rings. The van der Waals surface area contributed by atoms with Crippen molar-refractivity contribution >= 4 is 11.5 Å². The van der Waals surface area contributed by atoms with Gasteiger partial charge in [-0.2, -0.15) is 0 Å². The number of nitrogens with one attached hydrogen (secondary N) is 2. The van der Waals surface area contributed by atoms with E-state index in [2.05, 4.69) is 15.6 Å². The summed E-state index contributed by atoms with van der Waals surface area (Å²) in [5, 5.41) is 6.48. The maximum atomic E-state index is 12.5. The molecule has 2 N–H and O–H groups in total. The summed E-state index contributed by atoms with van der Waals surface area (Å²) in [6.07, 6.45) is 3.53. The number of benzene rings is 1. The minimum atomic E-state index is -0.261. The summed E-state index contributed by atoms with van der Waals surface area (Å²) >= 11 is 0. The molecule has 0 spiro atoms. The molecule has 5 nitrogen and oxygen atoms in total. The highest BCUT2D eigenvalue weighted by atomic mass is 16.5. The number of nitrogens with zero attached hydrogens (tertiary/aromatic N) is 1. The van der Waals surface area contributed by atoms with E-state index in [-0.39, 0.29) is 11.8 Å². The molecule has 0 aliphatic carbocycles. The third-order valence-electron chi connectivity index (χ3n) is 3.67. The van der Waals surface area contributed by atoms with Gasteiger partial charge in [0.1, 0.15) is 12.4 Å². The van der Waals surface area contributed by atoms with Gasteiger partial charge in [-0.1, -0.05) is 6.07 Å². The van der Waals surface area contributed by atoms with Gasteiger partial charge >= 0.3 is 0 Å². The number of hydrogen-bond acceptors (Lipinski definition) is 5. The molecule has 0 radical (unpaired) electrons. The molecule has 0 saturated carbocycles. The second kappa shape index (κ2) is 6.58. The largest absolute Gasteiger partial charge is 0.490 e. The Morgan fingerprint density at radius 1 is 1.45 bits per heavy atom. The zero-order chi connectivity index (χ0) is 15.4. The van der Waals surface area contributed by atoms with E-state index < -0.39 is 0 Å². The zero-order valence-electron chi connectivity index (χ0n) is 12.5. The summed E-state index contributed by atoms with van der Waals surface area (Å²) in [6, 6.07) is 9.14. The first-order valence-corrected chi connectivity index (χ1v) is 7.41. The maximum Gasteiger partial charge on any atom is 0.179 e. The fourth-order valence-corrected chi connectivity index (χ4v) is 2.41. The van der Waals surface area contributed by atoms with Crippen molar-refractivity contribution in [2.24, 2.45) is 0 Å². The number of rotatable bonds is 5. The summed E-state index contributed by atoms with van der Waals surface area (Å²) in [7, 11) is 0. The molecule has 114 valence electrons.